The minimum atomic E-state index is -0.772. The molecule has 0 saturated carbocycles. The van der Waals surface area contributed by atoms with Gasteiger partial charge in [-0.05, 0) is 43.7 Å². The quantitative estimate of drug-likeness (QED) is 0.561. The summed E-state index contributed by atoms with van der Waals surface area (Å²) >= 11 is 0. The smallest absolute Gasteiger partial charge is 0.265 e. The van der Waals surface area contributed by atoms with E-state index in [0.29, 0.717) is 22.7 Å². The van der Waals surface area contributed by atoms with Gasteiger partial charge in [-0.15, -0.1) is 0 Å². The number of amides is 2. The van der Waals surface area contributed by atoms with Gasteiger partial charge in [0.15, 0.2) is 6.10 Å². The molecule has 160 valence electrons. The van der Waals surface area contributed by atoms with Gasteiger partial charge in [0, 0.05) is 6.07 Å². The van der Waals surface area contributed by atoms with Crippen LogP contribution in [-0.4, -0.2) is 25.0 Å². The predicted octanol–water partition coefficient (Wildman–Crippen LogP) is 4.59. The van der Waals surface area contributed by atoms with E-state index in [1.165, 1.54) is 0 Å². The highest BCUT2D eigenvalue weighted by molar-refractivity contribution is 6.04. The molecule has 0 aliphatic heterocycles. The fraction of sp³-hybridized carbons (Fsp3) is 0.200. The number of methoxy groups -OCH3 is 1. The van der Waals surface area contributed by atoms with E-state index in [9.17, 15) is 9.59 Å². The number of hydrogen-bond acceptors (Lipinski definition) is 4. The second-order valence-corrected chi connectivity index (χ2v) is 7.08. The molecule has 6 heteroatoms. The first-order chi connectivity index (χ1) is 15.0. The maximum atomic E-state index is 12.9. The highest BCUT2D eigenvalue weighted by atomic mass is 16.5. The van der Waals surface area contributed by atoms with Crippen molar-refractivity contribution in [3.63, 3.8) is 0 Å². The van der Waals surface area contributed by atoms with Crippen LogP contribution < -0.4 is 20.1 Å². The molecule has 0 spiro atoms. The summed E-state index contributed by atoms with van der Waals surface area (Å²) in [6.07, 6.45) is -0.772. The molecule has 3 rings (SSSR count). The Morgan fingerprint density at radius 3 is 2.26 bits per heavy atom. The summed E-state index contributed by atoms with van der Waals surface area (Å²) < 4.78 is 10.9. The van der Waals surface area contributed by atoms with Crippen molar-refractivity contribution in [1.29, 1.82) is 0 Å². The molecule has 6 nitrogen and oxygen atoms in total. The summed E-state index contributed by atoms with van der Waals surface area (Å²) in [5, 5.41) is 5.77. The molecule has 0 unspecified atom stereocenters. The van der Waals surface area contributed by atoms with Gasteiger partial charge in [-0.2, -0.15) is 0 Å². The zero-order valence-corrected chi connectivity index (χ0v) is 17.8. The lowest BCUT2D eigenvalue weighted by Crippen LogP contribution is -2.32. The van der Waals surface area contributed by atoms with Gasteiger partial charge < -0.3 is 20.1 Å². The molecule has 0 bridgehead atoms. The number of nitrogens with one attached hydrogen (secondary N) is 2. The van der Waals surface area contributed by atoms with Gasteiger partial charge in [0.1, 0.15) is 11.5 Å². The van der Waals surface area contributed by atoms with Gasteiger partial charge in [0.25, 0.3) is 11.8 Å². The fourth-order valence-corrected chi connectivity index (χ4v) is 3.06. The maximum Gasteiger partial charge on any atom is 0.265 e. The molecule has 0 radical (unpaired) electrons. The Morgan fingerprint density at radius 1 is 0.839 bits per heavy atom. The molecule has 31 heavy (non-hydrogen) atoms. The monoisotopic (exact) mass is 418 g/mol. The van der Waals surface area contributed by atoms with Crippen LogP contribution in [0.4, 0.5) is 5.69 Å². The fourth-order valence-electron chi connectivity index (χ4n) is 3.06. The van der Waals surface area contributed by atoms with E-state index < -0.39 is 6.10 Å². The third-order valence-electron chi connectivity index (χ3n) is 4.80. The summed E-state index contributed by atoms with van der Waals surface area (Å²) in [6.45, 7) is 3.56. The number of carbonyl (C=O) groups excluding carboxylic acids is 2. The van der Waals surface area contributed by atoms with E-state index in [1.807, 2.05) is 37.3 Å². The van der Waals surface area contributed by atoms with Crippen LogP contribution in [-0.2, 0) is 4.79 Å². The zero-order chi connectivity index (χ0) is 22.2. The Kier molecular flexibility index (Phi) is 7.27. The lowest BCUT2D eigenvalue weighted by molar-refractivity contribution is -0.122. The van der Waals surface area contributed by atoms with Gasteiger partial charge in [-0.25, -0.2) is 0 Å². The second-order valence-electron chi connectivity index (χ2n) is 7.08. The molecule has 0 fully saturated rings. The normalized spacial score (nSPS) is 12.4. The Balaban J connectivity index is 1.67. The van der Waals surface area contributed by atoms with E-state index in [-0.39, 0.29) is 17.9 Å². The van der Waals surface area contributed by atoms with Crippen LogP contribution in [0.15, 0.2) is 78.9 Å². The Morgan fingerprint density at radius 2 is 1.52 bits per heavy atom. The van der Waals surface area contributed by atoms with Crippen molar-refractivity contribution >= 4 is 17.5 Å². The van der Waals surface area contributed by atoms with Gasteiger partial charge in [0.2, 0.25) is 0 Å². The average molecular weight is 418 g/mol. The van der Waals surface area contributed by atoms with Crippen LogP contribution in [0.1, 0.15) is 35.8 Å². The molecule has 0 aromatic heterocycles. The molecule has 0 aliphatic carbocycles. The van der Waals surface area contributed by atoms with Gasteiger partial charge >= 0.3 is 0 Å². The summed E-state index contributed by atoms with van der Waals surface area (Å²) in [4.78, 5) is 25.5. The summed E-state index contributed by atoms with van der Waals surface area (Å²) in [6, 6.07) is 23.4. The number of benzene rings is 3. The van der Waals surface area contributed by atoms with Crippen molar-refractivity contribution in [2.75, 3.05) is 12.4 Å². The van der Waals surface area contributed by atoms with Crippen molar-refractivity contribution < 1.29 is 19.1 Å². The predicted molar refractivity (Wildman–Crippen MR) is 120 cm³/mol. The molecule has 3 aromatic rings. The molecule has 0 aliphatic rings. The third-order valence-corrected chi connectivity index (χ3v) is 4.80. The first-order valence-corrected chi connectivity index (χ1v) is 10.0. The van der Waals surface area contributed by atoms with Crippen molar-refractivity contribution in [3.05, 3.63) is 90.0 Å². The molecule has 0 saturated heterocycles. The molecule has 0 heterocycles. The third kappa shape index (κ3) is 5.85. The van der Waals surface area contributed by atoms with Crippen molar-refractivity contribution in [1.82, 2.24) is 5.32 Å². The summed E-state index contributed by atoms with van der Waals surface area (Å²) in [7, 11) is 1.57. The largest absolute Gasteiger partial charge is 0.497 e. The standard InChI is InChI=1S/C25H26N2O4/c1-17(19-10-5-4-6-11-19)26-25(29)22-14-7-8-15-23(22)27-24(28)18(2)31-21-13-9-12-20(16-21)30-3/h4-18H,1-3H3,(H,26,29)(H,27,28)/t17-,18-/m1/s1. The van der Waals surface area contributed by atoms with E-state index in [2.05, 4.69) is 10.6 Å². The zero-order valence-electron chi connectivity index (χ0n) is 17.8. The highest BCUT2D eigenvalue weighted by Gasteiger charge is 2.19. The van der Waals surface area contributed by atoms with Crippen LogP contribution >= 0.6 is 0 Å². The number of anilines is 1. The van der Waals surface area contributed by atoms with Crippen LogP contribution in [0.25, 0.3) is 0 Å². The van der Waals surface area contributed by atoms with E-state index in [0.717, 1.165) is 5.56 Å². The molecular weight excluding hydrogens is 392 g/mol. The molecule has 2 amide bonds. The number of carbonyl (C=O) groups is 2. The topological polar surface area (TPSA) is 76.7 Å². The Labute approximate surface area is 182 Å². The second kappa shape index (κ2) is 10.3. The number of rotatable bonds is 8. The van der Waals surface area contributed by atoms with Crippen molar-refractivity contribution in [2.24, 2.45) is 0 Å². The minimum Gasteiger partial charge on any atom is -0.497 e. The highest BCUT2D eigenvalue weighted by Crippen LogP contribution is 2.21. The van der Waals surface area contributed by atoms with Gasteiger partial charge in [-0.3, -0.25) is 9.59 Å². The Bertz CT molecular complexity index is 1040. The van der Waals surface area contributed by atoms with Crippen LogP contribution in [0, 0.1) is 0 Å². The SMILES string of the molecule is COc1cccc(O[C@H](C)C(=O)Nc2ccccc2C(=O)N[C@H](C)c2ccccc2)c1. The van der Waals surface area contributed by atoms with Gasteiger partial charge in [-0.1, -0.05) is 48.5 Å². The number of para-hydroxylation sites is 1. The number of ether oxygens (including phenoxy) is 2. The summed E-state index contributed by atoms with van der Waals surface area (Å²) in [5.41, 5.74) is 1.80. The number of hydrogen-bond donors (Lipinski definition) is 2. The maximum absolute atomic E-state index is 12.9. The van der Waals surface area contributed by atoms with Crippen LogP contribution in [0.3, 0.4) is 0 Å². The van der Waals surface area contributed by atoms with E-state index in [1.54, 1.807) is 62.6 Å². The van der Waals surface area contributed by atoms with Crippen molar-refractivity contribution in [2.45, 2.75) is 26.0 Å². The first-order valence-electron chi connectivity index (χ1n) is 10.0. The van der Waals surface area contributed by atoms with Crippen molar-refractivity contribution in [3.8, 4) is 11.5 Å². The van der Waals surface area contributed by atoms with Crippen LogP contribution in [0.2, 0.25) is 0 Å². The average Bonchev–Trinajstić information content (AvgIpc) is 2.80. The van der Waals surface area contributed by atoms with E-state index >= 15 is 0 Å². The Hall–Kier alpha value is -3.80. The minimum absolute atomic E-state index is 0.173. The van der Waals surface area contributed by atoms with Crippen LogP contribution in [0.5, 0.6) is 11.5 Å². The summed E-state index contributed by atoms with van der Waals surface area (Å²) in [5.74, 6) is 0.525. The first kappa shape index (κ1) is 21.9. The van der Waals surface area contributed by atoms with Gasteiger partial charge in [0.05, 0.1) is 24.4 Å². The molecule has 2 atom stereocenters. The lowest BCUT2D eigenvalue weighted by Gasteiger charge is -2.18. The van der Waals surface area contributed by atoms with E-state index in [4.69, 9.17) is 9.47 Å². The molecule has 3 aromatic carbocycles. The molecule has 2 N–H and O–H groups in total. The lowest BCUT2D eigenvalue weighted by atomic mass is 10.1. The molecular formula is C25H26N2O4.